The van der Waals surface area contributed by atoms with Gasteiger partial charge < -0.3 is 9.84 Å². The molecule has 1 atom stereocenters. The lowest BCUT2D eigenvalue weighted by molar-refractivity contribution is -0.136. The minimum Gasteiger partial charge on any atom is -0.458 e. The first-order valence-electron chi connectivity index (χ1n) is 10.1. The van der Waals surface area contributed by atoms with E-state index in [0.29, 0.717) is 6.61 Å². The Morgan fingerprint density at radius 2 is 1.33 bits per heavy atom. The van der Waals surface area contributed by atoms with Gasteiger partial charge in [-0.1, -0.05) is 70.6 Å². The van der Waals surface area contributed by atoms with Gasteiger partial charge in [-0.2, -0.15) is 0 Å². The number of rotatable bonds is 15. The largest absolute Gasteiger partial charge is 0.458 e. The molecule has 0 aromatic carbocycles. The summed E-state index contributed by atoms with van der Waals surface area (Å²) in [6, 6.07) is 0. The van der Waals surface area contributed by atoms with Gasteiger partial charge in [0.05, 0.1) is 6.10 Å². The minimum atomic E-state index is -0.127. The number of ether oxygens (including phenoxy) is 1. The molecule has 1 N–H and O–H groups in total. The highest BCUT2D eigenvalue weighted by molar-refractivity contribution is 5.91. The summed E-state index contributed by atoms with van der Waals surface area (Å²) in [5, 5.41) is 9.19. The maximum absolute atomic E-state index is 11.5. The molecule has 1 aliphatic heterocycles. The maximum atomic E-state index is 11.5. The Balaban J connectivity index is 1.78. The molecule has 3 heteroatoms. The van der Waals surface area contributed by atoms with Crippen LogP contribution in [0.3, 0.4) is 0 Å². The monoisotopic (exact) mass is 338 g/mol. The molecule has 0 fully saturated rings. The van der Waals surface area contributed by atoms with E-state index in [1.165, 1.54) is 70.6 Å². The Morgan fingerprint density at radius 3 is 1.75 bits per heavy atom. The van der Waals surface area contributed by atoms with Crippen LogP contribution in [-0.4, -0.2) is 23.8 Å². The number of hydrogen-bond acceptors (Lipinski definition) is 3. The highest BCUT2D eigenvalue weighted by Gasteiger charge is 2.20. The number of esters is 1. The van der Waals surface area contributed by atoms with Crippen LogP contribution in [0.1, 0.15) is 104 Å². The van der Waals surface area contributed by atoms with Crippen LogP contribution in [-0.2, 0) is 9.53 Å². The summed E-state index contributed by atoms with van der Waals surface area (Å²) < 4.78 is 5.03. The van der Waals surface area contributed by atoms with Crippen molar-refractivity contribution in [3.63, 3.8) is 0 Å². The van der Waals surface area contributed by atoms with Gasteiger partial charge in [0, 0.05) is 5.57 Å². The molecule has 0 radical (unpaired) electrons. The summed E-state index contributed by atoms with van der Waals surface area (Å²) in [4.78, 5) is 11.5. The molecular weight excluding hydrogens is 300 g/mol. The fourth-order valence-electron chi connectivity index (χ4n) is 3.35. The Morgan fingerprint density at radius 1 is 0.875 bits per heavy atom. The van der Waals surface area contributed by atoms with Gasteiger partial charge in [0.1, 0.15) is 6.61 Å². The van der Waals surface area contributed by atoms with E-state index in [1.807, 2.05) is 13.8 Å². The van der Waals surface area contributed by atoms with Crippen molar-refractivity contribution in [1.29, 1.82) is 0 Å². The molecule has 24 heavy (non-hydrogen) atoms. The van der Waals surface area contributed by atoms with Crippen molar-refractivity contribution in [3.05, 3.63) is 11.1 Å². The van der Waals surface area contributed by atoms with Crippen molar-refractivity contribution in [2.24, 2.45) is 0 Å². The van der Waals surface area contributed by atoms with Crippen LogP contribution < -0.4 is 0 Å². The van der Waals surface area contributed by atoms with E-state index >= 15 is 0 Å². The second-order valence-corrected chi connectivity index (χ2v) is 7.47. The molecule has 0 saturated carbocycles. The summed E-state index contributed by atoms with van der Waals surface area (Å²) in [6.45, 7) is 4.39. The zero-order chi connectivity index (χ0) is 17.6. The van der Waals surface area contributed by atoms with Crippen LogP contribution in [0.2, 0.25) is 0 Å². The van der Waals surface area contributed by atoms with Gasteiger partial charge in [-0.05, 0) is 38.7 Å². The molecule has 0 spiro atoms. The molecule has 3 nitrogen and oxygen atoms in total. The van der Waals surface area contributed by atoms with Crippen LogP contribution in [0, 0.1) is 0 Å². The quantitative estimate of drug-likeness (QED) is 0.308. The predicted molar refractivity (Wildman–Crippen MR) is 100.0 cm³/mol. The Hall–Kier alpha value is -0.830. The number of unbranched alkanes of at least 4 members (excludes halogenated alkanes) is 11. The van der Waals surface area contributed by atoms with E-state index in [9.17, 15) is 9.90 Å². The first-order valence-corrected chi connectivity index (χ1v) is 10.1. The molecule has 0 aromatic rings. The van der Waals surface area contributed by atoms with E-state index in [1.54, 1.807) is 0 Å². The Bertz CT molecular complexity index is 371. The molecule has 140 valence electrons. The summed E-state index contributed by atoms with van der Waals surface area (Å²) in [6.07, 6.45) is 17.3. The van der Waals surface area contributed by atoms with Crippen LogP contribution in [0.5, 0.6) is 0 Å². The van der Waals surface area contributed by atoms with E-state index < -0.39 is 0 Å². The van der Waals surface area contributed by atoms with Gasteiger partial charge in [-0.15, -0.1) is 0 Å². The third-order valence-corrected chi connectivity index (χ3v) is 4.98. The lowest BCUT2D eigenvalue weighted by Crippen LogP contribution is -1.99. The SMILES string of the molecule is CC1=C(CCCCCCCCCCCCCC[C@H](C)O)C(=O)OC1. The zero-order valence-electron chi connectivity index (χ0n) is 15.9. The number of aliphatic hydroxyl groups is 1. The van der Waals surface area contributed by atoms with Gasteiger partial charge in [0.15, 0.2) is 0 Å². The van der Waals surface area contributed by atoms with Crippen molar-refractivity contribution in [1.82, 2.24) is 0 Å². The van der Waals surface area contributed by atoms with Gasteiger partial charge >= 0.3 is 5.97 Å². The first-order chi connectivity index (χ1) is 11.6. The van der Waals surface area contributed by atoms with E-state index in [0.717, 1.165) is 30.4 Å². The van der Waals surface area contributed by atoms with Crippen LogP contribution in [0.25, 0.3) is 0 Å². The van der Waals surface area contributed by atoms with Crippen molar-refractivity contribution in [2.45, 2.75) is 110 Å². The van der Waals surface area contributed by atoms with E-state index in [2.05, 4.69) is 0 Å². The lowest BCUT2D eigenvalue weighted by atomic mass is 10.0. The second-order valence-electron chi connectivity index (χ2n) is 7.47. The molecular formula is C21H38O3. The number of carbonyl (C=O) groups excluding carboxylic acids is 1. The summed E-state index contributed by atoms with van der Waals surface area (Å²) in [5.74, 6) is -0.0848. The highest BCUT2D eigenvalue weighted by atomic mass is 16.5. The summed E-state index contributed by atoms with van der Waals surface area (Å²) >= 11 is 0. The highest BCUT2D eigenvalue weighted by Crippen LogP contribution is 2.21. The zero-order valence-corrected chi connectivity index (χ0v) is 15.9. The van der Waals surface area contributed by atoms with Crippen LogP contribution in [0.4, 0.5) is 0 Å². The fraction of sp³-hybridized carbons (Fsp3) is 0.857. The van der Waals surface area contributed by atoms with Gasteiger partial charge in [-0.25, -0.2) is 4.79 Å². The van der Waals surface area contributed by atoms with Gasteiger partial charge in [0.25, 0.3) is 0 Å². The van der Waals surface area contributed by atoms with Crippen molar-refractivity contribution in [2.75, 3.05) is 6.61 Å². The molecule has 1 heterocycles. The molecule has 0 aromatic heterocycles. The third kappa shape index (κ3) is 10.1. The molecule has 1 rings (SSSR count). The van der Waals surface area contributed by atoms with Crippen molar-refractivity contribution < 1.29 is 14.6 Å². The first kappa shape index (κ1) is 21.2. The molecule has 1 aliphatic rings. The molecule has 0 amide bonds. The van der Waals surface area contributed by atoms with Crippen molar-refractivity contribution >= 4 is 5.97 Å². The number of aliphatic hydroxyl groups excluding tert-OH is 1. The lowest BCUT2D eigenvalue weighted by Gasteiger charge is -2.04. The average molecular weight is 339 g/mol. The van der Waals surface area contributed by atoms with Crippen LogP contribution in [0.15, 0.2) is 11.1 Å². The summed E-state index contributed by atoms with van der Waals surface area (Å²) in [5.41, 5.74) is 2.06. The van der Waals surface area contributed by atoms with Crippen LogP contribution >= 0.6 is 0 Å². The topological polar surface area (TPSA) is 46.5 Å². The summed E-state index contributed by atoms with van der Waals surface area (Å²) in [7, 11) is 0. The number of hydrogen-bond donors (Lipinski definition) is 1. The van der Waals surface area contributed by atoms with E-state index in [-0.39, 0.29) is 12.1 Å². The molecule has 0 saturated heterocycles. The van der Waals surface area contributed by atoms with Gasteiger partial charge in [0.2, 0.25) is 0 Å². The second kappa shape index (κ2) is 13.5. The van der Waals surface area contributed by atoms with Crippen molar-refractivity contribution in [3.8, 4) is 0 Å². The average Bonchev–Trinajstić information content (AvgIpc) is 2.86. The van der Waals surface area contributed by atoms with Gasteiger partial charge in [-0.3, -0.25) is 0 Å². The number of cyclic esters (lactones) is 1. The Labute approximate surface area is 148 Å². The minimum absolute atomic E-state index is 0.0848. The standard InChI is InChI=1S/C21H38O3/c1-18-17-24-21(23)20(18)16-14-12-10-8-6-4-3-5-7-9-11-13-15-19(2)22/h19,22H,3-17H2,1-2H3/t19-/m0/s1. The molecule has 0 bridgehead atoms. The Kier molecular flexibility index (Phi) is 11.9. The number of carbonyl (C=O) groups is 1. The molecule has 0 unspecified atom stereocenters. The predicted octanol–water partition coefficient (Wildman–Crippen LogP) is 5.70. The fourth-order valence-corrected chi connectivity index (χ4v) is 3.35. The molecule has 0 aliphatic carbocycles. The maximum Gasteiger partial charge on any atom is 0.334 e. The smallest absolute Gasteiger partial charge is 0.334 e. The van der Waals surface area contributed by atoms with E-state index in [4.69, 9.17) is 4.74 Å². The third-order valence-electron chi connectivity index (χ3n) is 4.98. The normalized spacial score (nSPS) is 15.9.